The van der Waals surface area contributed by atoms with Crippen molar-refractivity contribution >= 4 is 27.5 Å². The standard InChI is InChI=1S/C12H14N2OS/c1-7(2)12-14-9-5-8(6-11(13)15)3-4-10(9)16-12/h3-5,7H,6H2,1-2H3,(H2,13,15). The third kappa shape index (κ3) is 2.22. The van der Waals surface area contributed by atoms with Gasteiger partial charge in [0.05, 0.1) is 21.6 Å². The van der Waals surface area contributed by atoms with Gasteiger partial charge in [-0.3, -0.25) is 4.79 Å². The molecule has 0 bridgehead atoms. The van der Waals surface area contributed by atoms with E-state index in [1.54, 1.807) is 11.3 Å². The van der Waals surface area contributed by atoms with Crippen LogP contribution in [0.3, 0.4) is 0 Å². The van der Waals surface area contributed by atoms with Gasteiger partial charge in [0.15, 0.2) is 0 Å². The van der Waals surface area contributed by atoms with Crippen molar-refractivity contribution in [2.45, 2.75) is 26.2 Å². The number of nitrogens with zero attached hydrogens (tertiary/aromatic N) is 1. The van der Waals surface area contributed by atoms with Gasteiger partial charge in [0.25, 0.3) is 0 Å². The second-order valence-electron chi connectivity index (χ2n) is 4.15. The molecule has 1 aromatic carbocycles. The fourth-order valence-electron chi connectivity index (χ4n) is 1.55. The van der Waals surface area contributed by atoms with Gasteiger partial charge < -0.3 is 5.73 Å². The summed E-state index contributed by atoms with van der Waals surface area (Å²) in [5.41, 5.74) is 7.06. The molecular formula is C12H14N2OS. The molecule has 16 heavy (non-hydrogen) atoms. The molecule has 2 aromatic rings. The first kappa shape index (κ1) is 11.1. The minimum atomic E-state index is -0.307. The molecule has 0 unspecified atom stereocenters. The zero-order valence-electron chi connectivity index (χ0n) is 9.36. The first-order valence-electron chi connectivity index (χ1n) is 5.24. The van der Waals surface area contributed by atoms with E-state index in [1.807, 2.05) is 18.2 Å². The fourth-order valence-corrected chi connectivity index (χ4v) is 2.50. The summed E-state index contributed by atoms with van der Waals surface area (Å²) in [6, 6.07) is 5.90. The molecule has 1 heterocycles. The summed E-state index contributed by atoms with van der Waals surface area (Å²) < 4.78 is 1.16. The molecule has 0 aliphatic heterocycles. The number of hydrogen-bond acceptors (Lipinski definition) is 3. The highest BCUT2D eigenvalue weighted by molar-refractivity contribution is 7.18. The van der Waals surface area contributed by atoms with Gasteiger partial charge in [-0.1, -0.05) is 19.9 Å². The minimum absolute atomic E-state index is 0.282. The van der Waals surface area contributed by atoms with Crippen LogP contribution in [-0.2, 0) is 11.2 Å². The number of aromatic nitrogens is 1. The van der Waals surface area contributed by atoms with Crippen molar-refractivity contribution in [1.29, 1.82) is 0 Å². The molecular weight excluding hydrogens is 220 g/mol. The smallest absolute Gasteiger partial charge is 0.221 e. The number of thiazole rings is 1. The number of primary amides is 1. The molecule has 0 saturated heterocycles. The van der Waals surface area contributed by atoms with E-state index < -0.39 is 0 Å². The summed E-state index contributed by atoms with van der Waals surface area (Å²) in [5, 5.41) is 1.13. The highest BCUT2D eigenvalue weighted by atomic mass is 32.1. The van der Waals surface area contributed by atoms with Crippen LogP contribution in [0.4, 0.5) is 0 Å². The van der Waals surface area contributed by atoms with Crippen molar-refractivity contribution in [3.05, 3.63) is 28.8 Å². The highest BCUT2D eigenvalue weighted by Gasteiger charge is 2.08. The maximum Gasteiger partial charge on any atom is 0.221 e. The van der Waals surface area contributed by atoms with E-state index in [-0.39, 0.29) is 12.3 Å². The Bertz CT molecular complexity index is 531. The quantitative estimate of drug-likeness (QED) is 0.886. The van der Waals surface area contributed by atoms with Crippen LogP contribution < -0.4 is 5.73 Å². The maximum absolute atomic E-state index is 10.8. The van der Waals surface area contributed by atoms with Crippen molar-refractivity contribution in [2.75, 3.05) is 0 Å². The topological polar surface area (TPSA) is 56.0 Å². The van der Waals surface area contributed by atoms with Crippen LogP contribution in [0.25, 0.3) is 10.2 Å². The van der Waals surface area contributed by atoms with Gasteiger partial charge in [-0.25, -0.2) is 4.98 Å². The Labute approximate surface area is 98.3 Å². The molecule has 4 heteroatoms. The number of carbonyl (C=O) groups excluding carboxylic acids is 1. The van der Waals surface area contributed by atoms with Crippen LogP contribution >= 0.6 is 11.3 Å². The van der Waals surface area contributed by atoms with Crippen LogP contribution in [0.15, 0.2) is 18.2 Å². The average molecular weight is 234 g/mol. The molecule has 2 rings (SSSR count). The van der Waals surface area contributed by atoms with Crippen LogP contribution in [0.2, 0.25) is 0 Å². The number of hydrogen-bond donors (Lipinski definition) is 1. The Balaban J connectivity index is 2.41. The predicted octanol–water partition coefficient (Wildman–Crippen LogP) is 2.45. The lowest BCUT2D eigenvalue weighted by molar-refractivity contribution is -0.117. The van der Waals surface area contributed by atoms with E-state index in [9.17, 15) is 4.79 Å². The van der Waals surface area contributed by atoms with Crippen molar-refractivity contribution < 1.29 is 4.79 Å². The molecule has 3 nitrogen and oxygen atoms in total. The molecule has 0 fully saturated rings. The third-order valence-corrected chi connectivity index (χ3v) is 3.68. The Kier molecular flexibility index (Phi) is 2.92. The second kappa shape index (κ2) is 4.22. The summed E-state index contributed by atoms with van der Waals surface area (Å²) in [6.45, 7) is 4.25. The van der Waals surface area contributed by atoms with Crippen LogP contribution in [0, 0.1) is 0 Å². The third-order valence-electron chi connectivity index (χ3n) is 2.34. The van der Waals surface area contributed by atoms with E-state index in [0.29, 0.717) is 5.92 Å². The minimum Gasteiger partial charge on any atom is -0.369 e. The van der Waals surface area contributed by atoms with Crippen molar-refractivity contribution in [2.24, 2.45) is 5.73 Å². The van der Waals surface area contributed by atoms with Gasteiger partial charge in [0, 0.05) is 5.92 Å². The number of carbonyl (C=O) groups is 1. The number of nitrogens with two attached hydrogens (primary N) is 1. The lowest BCUT2D eigenvalue weighted by Crippen LogP contribution is -2.13. The fraction of sp³-hybridized carbons (Fsp3) is 0.333. The molecule has 0 aliphatic rings. The summed E-state index contributed by atoms with van der Waals surface area (Å²) in [6.07, 6.45) is 0.282. The number of benzene rings is 1. The van der Waals surface area contributed by atoms with Crippen molar-refractivity contribution in [3.63, 3.8) is 0 Å². The predicted molar refractivity (Wildman–Crippen MR) is 66.6 cm³/mol. The molecule has 84 valence electrons. The largest absolute Gasteiger partial charge is 0.369 e. The van der Waals surface area contributed by atoms with Crippen LogP contribution in [0.1, 0.15) is 30.3 Å². The Morgan fingerprint density at radius 3 is 2.88 bits per heavy atom. The van der Waals surface area contributed by atoms with Crippen LogP contribution in [0.5, 0.6) is 0 Å². The Hall–Kier alpha value is -1.42. The zero-order chi connectivity index (χ0) is 11.7. The van der Waals surface area contributed by atoms with Crippen LogP contribution in [-0.4, -0.2) is 10.9 Å². The molecule has 1 amide bonds. The Morgan fingerprint density at radius 1 is 1.50 bits per heavy atom. The van der Waals surface area contributed by atoms with E-state index in [1.165, 1.54) is 0 Å². The normalized spacial score (nSPS) is 11.2. The van der Waals surface area contributed by atoms with E-state index >= 15 is 0 Å². The van der Waals surface area contributed by atoms with Crippen molar-refractivity contribution in [3.8, 4) is 0 Å². The van der Waals surface area contributed by atoms with Gasteiger partial charge in [-0.2, -0.15) is 0 Å². The van der Waals surface area contributed by atoms with Gasteiger partial charge in [-0.05, 0) is 17.7 Å². The zero-order valence-corrected chi connectivity index (χ0v) is 10.2. The molecule has 0 aliphatic carbocycles. The lowest BCUT2D eigenvalue weighted by Gasteiger charge is -1.96. The molecule has 1 aromatic heterocycles. The second-order valence-corrected chi connectivity index (χ2v) is 5.21. The summed E-state index contributed by atoms with van der Waals surface area (Å²) in [5.74, 6) is 0.135. The molecule has 0 radical (unpaired) electrons. The van der Waals surface area contributed by atoms with Gasteiger partial charge in [0.1, 0.15) is 0 Å². The van der Waals surface area contributed by atoms with Crippen molar-refractivity contribution in [1.82, 2.24) is 4.98 Å². The monoisotopic (exact) mass is 234 g/mol. The first-order chi connectivity index (χ1) is 7.56. The highest BCUT2D eigenvalue weighted by Crippen LogP contribution is 2.27. The number of fused-ring (bicyclic) bond motifs is 1. The molecule has 2 N–H and O–H groups in total. The van der Waals surface area contributed by atoms with E-state index in [4.69, 9.17) is 5.73 Å². The SMILES string of the molecule is CC(C)c1nc2cc(CC(N)=O)ccc2s1. The van der Waals surface area contributed by atoms with Gasteiger partial charge in [-0.15, -0.1) is 11.3 Å². The van der Waals surface area contributed by atoms with E-state index in [2.05, 4.69) is 18.8 Å². The first-order valence-corrected chi connectivity index (χ1v) is 6.05. The summed E-state index contributed by atoms with van der Waals surface area (Å²) in [4.78, 5) is 15.4. The summed E-state index contributed by atoms with van der Waals surface area (Å²) >= 11 is 1.71. The van der Waals surface area contributed by atoms with Gasteiger partial charge >= 0.3 is 0 Å². The molecule has 0 saturated carbocycles. The summed E-state index contributed by atoms with van der Waals surface area (Å²) in [7, 11) is 0. The number of amides is 1. The number of rotatable bonds is 3. The van der Waals surface area contributed by atoms with Gasteiger partial charge in [0.2, 0.25) is 5.91 Å². The lowest BCUT2D eigenvalue weighted by atomic mass is 10.1. The average Bonchev–Trinajstić information content (AvgIpc) is 2.59. The molecule has 0 atom stereocenters. The maximum atomic E-state index is 10.8. The van der Waals surface area contributed by atoms with E-state index in [0.717, 1.165) is 20.8 Å². The molecule has 0 spiro atoms. The Morgan fingerprint density at radius 2 is 2.25 bits per heavy atom.